The van der Waals surface area contributed by atoms with Gasteiger partial charge in [-0.1, -0.05) is 101 Å². The quantitative estimate of drug-likeness (QED) is 0.149. The second-order valence-electron chi connectivity index (χ2n) is 10.4. The summed E-state index contributed by atoms with van der Waals surface area (Å²) in [6, 6.07) is 26.4. The van der Waals surface area contributed by atoms with Crippen molar-refractivity contribution in [2.45, 2.75) is 19.6 Å². The zero-order chi connectivity index (χ0) is 33.1. The van der Waals surface area contributed by atoms with Crippen LogP contribution in [0.4, 0.5) is 0 Å². The molecule has 1 aliphatic heterocycles. The molecule has 1 aliphatic rings. The maximum absolute atomic E-state index is 14.2. The predicted octanol–water partition coefficient (Wildman–Crippen LogP) is 7.48. The molecular weight excluding hydrogens is 679 g/mol. The van der Waals surface area contributed by atoms with E-state index in [0.29, 0.717) is 52.7 Å². The molecule has 238 valence electrons. The molecule has 47 heavy (non-hydrogen) atoms. The van der Waals surface area contributed by atoms with Gasteiger partial charge in [0.1, 0.15) is 6.61 Å². The average molecular weight is 706 g/mol. The number of fused-ring (bicyclic) bond motifs is 1. The van der Waals surface area contributed by atoms with Gasteiger partial charge < -0.3 is 14.2 Å². The SMILES string of the molecule is CCOC(=O)C1=C(c2ccccc2)N=c2s/c(=C\c3cc(Cl)c(OCc4cccc(Cl)c4)c(OC)c3)c(=O)n2[C@H]1c1ccc(Cl)cc1. The lowest BCUT2D eigenvalue weighted by Crippen LogP contribution is -2.40. The topological polar surface area (TPSA) is 79.1 Å². The van der Waals surface area contributed by atoms with E-state index in [-0.39, 0.29) is 24.3 Å². The van der Waals surface area contributed by atoms with Crippen LogP contribution in [0.15, 0.2) is 106 Å². The van der Waals surface area contributed by atoms with Gasteiger partial charge in [0.15, 0.2) is 16.3 Å². The number of thiazole rings is 1. The molecule has 0 unspecified atom stereocenters. The van der Waals surface area contributed by atoms with Gasteiger partial charge in [0.05, 0.1) is 40.6 Å². The Balaban J connectivity index is 1.49. The number of nitrogens with zero attached hydrogens (tertiary/aromatic N) is 2. The van der Waals surface area contributed by atoms with Crippen LogP contribution in [0, 0.1) is 0 Å². The van der Waals surface area contributed by atoms with E-state index >= 15 is 0 Å². The molecule has 0 aliphatic carbocycles. The summed E-state index contributed by atoms with van der Waals surface area (Å²) in [5, 5.41) is 1.43. The van der Waals surface area contributed by atoms with Gasteiger partial charge in [0.25, 0.3) is 5.56 Å². The maximum Gasteiger partial charge on any atom is 0.338 e. The maximum atomic E-state index is 14.2. The van der Waals surface area contributed by atoms with Gasteiger partial charge in [-0.15, -0.1) is 0 Å². The van der Waals surface area contributed by atoms with Crippen molar-refractivity contribution in [1.82, 2.24) is 4.57 Å². The van der Waals surface area contributed by atoms with Crippen LogP contribution < -0.4 is 24.4 Å². The predicted molar refractivity (Wildman–Crippen MR) is 186 cm³/mol. The monoisotopic (exact) mass is 704 g/mol. The highest BCUT2D eigenvalue weighted by molar-refractivity contribution is 7.07. The molecule has 0 radical (unpaired) electrons. The highest BCUT2D eigenvalue weighted by atomic mass is 35.5. The zero-order valence-corrected chi connectivity index (χ0v) is 28.3. The molecule has 0 fully saturated rings. The molecule has 0 amide bonds. The van der Waals surface area contributed by atoms with Crippen LogP contribution in [0.3, 0.4) is 0 Å². The van der Waals surface area contributed by atoms with Gasteiger partial charge in [-0.05, 0) is 66.1 Å². The van der Waals surface area contributed by atoms with E-state index in [2.05, 4.69) is 0 Å². The van der Waals surface area contributed by atoms with Crippen molar-refractivity contribution in [2.75, 3.05) is 13.7 Å². The molecule has 4 aromatic carbocycles. The smallest absolute Gasteiger partial charge is 0.338 e. The van der Waals surface area contributed by atoms with Crippen molar-refractivity contribution in [2.24, 2.45) is 4.99 Å². The van der Waals surface area contributed by atoms with Crippen LogP contribution in [-0.4, -0.2) is 24.3 Å². The lowest BCUT2D eigenvalue weighted by atomic mass is 9.93. The molecule has 0 saturated carbocycles. The number of carbonyl (C=O) groups is 1. The summed E-state index contributed by atoms with van der Waals surface area (Å²) in [7, 11) is 1.52. The Hall–Kier alpha value is -4.34. The fraction of sp³-hybridized carbons (Fsp3) is 0.139. The third kappa shape index (κ3) is 6.87. The third-order valence-corrected chi connectivity index (χ3v) is 9.13. The molecule has 2 heterocycles. The second-order valence-corrected chi connectivity index (χ2v) is 12.7. The molecule has 0 spiro atoms. The van der Waals surface area contributed by atoms with Gasteiger partial charge >= 0.3 is 5.97 Å². The standard InChI is InChI=1S/C36H27Cl3N2O5S/c1-3-45-35(43)30-31(23-9-5-4-6-10-23)40-36-41(32(30)24-12-14-25(37)15-13-24)34(42)29(47-36)19-22-17-27(39)33(28(18-22)44-2)46-20-21-8-7-11-26(38)16-21/h4-19,32H,3,20H2,1-2H3/b29-19-/t32-/m0/s1. The first-order valence-corrected chi connectivity index (χ1v) is 16.5. The minimum Gasteiger partial charge on any atom is -0.493 e. The van der Waals surface area contributed by atoms with E-state index in [1.165, 1.54) is 23.0 Å². The number of hydrogen-bond acceptors (Lipinski definition) is 7. The number of aromatic nitrogens is 1. The van der Waals surface area contributed by atoms with E-state index < -0.39 is 12.0 Å². The first-order valence-electron chi connectivity index (χ1n) is 14.6. The lowest BCUT2D eigenvalue weighted by Gasteiger charge is -2.25. The molecule has 0 N–H and O–H groups in total. The molecule has 5 aromatic rings. The van der Waals surface area contributed by atoms with Crippen molar-refractivity contribution >= 4 is 63.9 Å². The molecule has 6 rings (SSSR count). The van der Waals surface area contributed by atoms with Gasteiger partial charge in [0, 0.05) is 15.6 Å². The summed E-state index contributed by atoms with van der Waals surface area (Å²) < 4.78 is 19.1. The van der Waals surface area contributed by atoms with Gasteiger partial charge in [-0.2, -0.15) is 0 Å². The van der Waals surface area contributed by atoms with E-state index in [4.69, 9.17) is 54.0 Å². The van der Waals surface area contributed by atoms with Crippen LogP contribution in [-0.2, 0) is 16.1 Å². The summed E-state index contributed by atoms with van der Waals surface area (Å²) in [6.45, 7) is 2.12. The van der Waals surface area contributed by atoms with E-state index in [0.717, 1.165) is 11.1 Å². The number of methoxy groups -OCH3 is 1. The Bertz CT molecular complexity index is 2180. The fourth-order valence-corrected chi connectivity index (χ4v) is 6.91. The van der Waals surface area contributed by atoms with Crippen molar-refractivity contribution in [3.8, 4) is 11.5 Å². The number of ether oxygens (including phenoxy) is 3. The number of rotatable bonds is 9. The number of carbonyl (C=O) groups excluding carboxylic acids is 1. The van der Waals surface area contributed by atoms with Crippen molar-refractivity contribution in [3.05, 3.63) is 154 Å². The molecule has 11 heteroatoms. The fourth-order valence-electron chi connectivity index (χ4n) is 5.30. The summed E-state index contributed by atoms with van der Waals surface area (Å²) in [4.78, 5) is 33.1. The molecular formula is C36H27Cl3N2O5S. The highest BCUT2D eigenvalue weighted by Crippen LogP contribution is 2.38. The number of esters is 1. The van der Waals surface area contributed by atoms with Crippen LogP contribution in [0.1, 0.15) is 35.2 Å². The number of benzene rings is 4. The molecule has 0 saturated heterocycles. The first kappa shape index (κ1) is 32.6. The Labute approximate surface area is 289 Å². The van der Waals surface area contributed by atoms with Crippen molar-refractivity contribution in [3.63, 3.8) is 0 Å². The Morgan fingerprint density at radius 2 is 1.72 bits per heavy atom. The minimum atomic E-state index is -0.819. The van der Waals surface area contributed by atoms with Crippen LogP contribution >= 0.6 is 46.1 Å². The van der Waals surface area contributed by atoms with Gasteiger partial charge in [-0.3, -0.25) is 9.36 Å². The lowest BCUT2D eigenvalue weighted by molar-refractivity contribution is -0.138. The van der Waals surface area contributed by atoms with Crippen LogP contribution in [0.25, 0.3) is 11.8 Å². The Kier molecular flexibility index (Phi) is 9.84. The highest BCUT2D eigenvalue weighted by Gasteiger charge is 2.35. The zero-order valence-electron chi connectivity index (χ0n) is 25.2. The number of hydrogen-bond donors (Lipinski definition) is 0. The Morgan fingerprint density at radius 1 is 0.957 bits per heavy atom. The second kappa shape index (κ2) is 14.2. The van der Waals surface area contributed by atoms with E-state index in [1.807, 2.05) is 48.5 Å². The van der Waals surface area contributed by atoms with Crippen molar-refractivity contribution < 1.29 is 19.0 Å². The normalized spacial score (nSPS) is 14.4. The summed E-state index contributed by atoms with van der Waals surface area (Å²) in [5.74, 6) is 0.199. The van der Waals surface area contributed by atoms with Gasteiger partial charge in [0.2, 0.25) is 0 Å². The summed E-state index contributed by atoms with van der Waals surface area (Å²) >= 11 is 20.2. The summed E-state index contributed by atoms with van der Waals surface area (Å²) in [5.41, 5.74) is 3.24. The third-order valence-electron chi connectivity index (χ3n) is 7.38. The molecule has 1 aromatic heterocycles. The summed E-state index contributed by atoms with van der Waals surface area (Å²) in [6.07, 6.45) is 1.72. The number of halogens is 3. The van der Waals surface area contributed by atoms with Gasteiger partial charge in [-0.25, -0.2) is 9.79 Å². The first-order chi connectivity index (χ1) is 22.8. The average Bonchev–Trinajstić information content (AvgIpc) is 3.38. The largest absolute Gasteiger partial charge is 0.493 e. The van der Waals surface area contributed by atoms with Crippen LogP contribution in [0.5, 0.6) is 11.5 Å². The Morgan fingerprint density at radius 3 is 2.43 bits per heavy atom. The van der Waals surface area contributed by atoms with E-state index in [1.54, 1.807) is 55.5 Å². The minimum absolute atomic E-state index is 0.156. The van der Waals surface area contributed by atoms with Crippen molar-refractivity contribution in [1.29, 1.82) is 0 Å². The van der Waals surface area contributed by atoms with E-state index in [9.17, 15) is 9.59 Å². The molecule has 1 atom stereocenters. The van der Waals surface area contributed by atoms with Crippen LogP contribution in [0.2, 0.25) is 15.1 Å². The molecule has 7 nitrogen and oxygen atoms in total. The molecule has 0 bridgehead atoms.